The fourth-order valence-electron chi connectivity index (χ4n) is 1.79. The average molecular weight is 269 g/mol. The first-order valence-corrected chi connectivity index (χ1v) is 7.40. The number of rotatable bonds is 9. The van der Waals surface area contributed by atoms with Crippen LogP contribution in [-0.2, 0) is 6.42 Å². The maximum atomic E-state index is 12.0. The maximum Gasteiger partial charge on any atom is 0.186 e. The fourth-order valence-corrected chi connectivity index (χ4v) is 2.67. The largest absolute Gasteiger partial charge is 0.396 e. The number of likely N-dealkylation sites (N-methyl/N-ethyl adjacent to an activating group) is 1. The zero-order valence-corrected chi connectivity index (χ0v) is 12.1. The molecule has 0 saturated heterocycles. The van der Waals surface area contributed by atoms with E-state index in [0.717, 1.165) is 37.1 Å². The van der Waals surface area contributed by atoms with E-state index >= 15 is 0 Å². The zero-order chi connectivity index (χ0) is 13.4. The summed E-state index contributed by atoms with van der Waals surface area (Å²) in [5.74, 6) is 0.212. The highest BCUT2D eigenvalue weighted by molar-refractivity contribution is 7.14. The fraction of sp³-hybridized carbons (Fsp3) is 0.643. The number of unbranched alkanes of at least 4 members (excludes halogenated alkanes) is 2. The number of carbonyl (C=O) groups is 1. The van der Waals surface area contributed by atoms with Crippen molar-refractivity contribution in [1.82, 2.24) is 4.90 Å². The van der Waals surface area contributed by atoms with Crippen molar-refractivity contribution in [2.75, 3.05) is 26.7 Å². The van der Waals surface area contributed by atoms with Gasteiger partial charge in [-0.15, -0.1) is 11.3 Å². The number of hydrogen-bond acceptors (Lipinski definition) is 4. The number of aliphatic hydroxyl groups excluding tert-OH is 1. The minimum absolute atomic E-state index is 0.212. The molecule has 1 aromatic rings. The summed E-state index contributed by atoms with van der Waals surface area (Å²) in [4.78, 5) is 16.2. The van der Waals surface area contributed by atoms with Crippen molar-refractivity contribution in [1.29, 1.82) is 0 Å². The van der Waals surface area contributed by atoms with Gasteiger partial charge in [0, 0.05) is 11.5 Å². The maximum absolute atomic E-state index is 12.0. The highest BCUT2D eigenvalue weighted by atomic mass is 32.1. The molecule has 0 saturated carbocycles. The van der Waals surface area contributed by atoms with E-state index < -0.39 is 0 Å². The molecular weight excluding hydrogens is 246 g/mol. The molecule has 0 radical (unpaired) electrons. The summed E-state index contributed by atoms with van der Waals surface area (Å²) in [5, 5.41) is 8.68. The molecule has 0 bridgehead atoms. The normalized spacial score (nSPS) is 11.1. The monoisotopic (exact) mass is 269 g/mol. The van der Waals surface area contributed by atoms with Gasteiger partial charge in [-0.25, -0.2) is 0 Å². The summed E-state index contributed by atoms with van der Waals surface area (Å²) in [6, 6.07) is 3.98. The molecule has 4 heteroatoms. The number of Topliss-reactive ketones (excluding diaryl/α,β-unsaturated/α-hetero) is 1. The standard InChI is InChI=1S/C14H23NO2S/c1-3-12-7-8-14(18-12)13(17)11-15(2)9-5-4-6-10-16/h7-8,16H,3-6,9-11H2,1-2H3. The van der Waals surface area contributed by atoms with Crippen LogP contribution in [0, 0.1) is 0 Å². The van der Waals surface area contributed by atoms with Crippen molar-refractivity contribution >= 4 is 17.1 Å². The summed E-state index contributed by atoms with van der Waals surface area (Å²) in [6.45, 7) is 3.77. The molecule has 1 rings (SSSR count). The molecular formula is C14H23NO2S. The van der Waals surface area contributed by atoms with Gasteiger partial charge in [-0.3, -0.25) is 9.69 Å². The summed E-state index contributed by atoms with van der Waals surface area (Å²) >= 11 is 1.61. The first-order chi connectivity index (χ1) is 8.67. The lowest BCUT2D eigenvalue weighted by Crippen LogP contribution is -2.26. The number of aryl methyl sites for hydroxylation is 1. The molecule has 0 unspecified atom stereocenters. The second-order valence-corrected chi connectivity index (χ2v) is 5.73. The number of ketones is 1. The van der Waals surface area contributed by atoms with Crippen LogP contribution in [0.3, 0.4) is 0 Å². The Kier molecular flexibility index (Phi) is 7.16. The van der Waals surface area contributed by atoms with Crippen LogP contribution < -0.4 is 0 Å². The summed E-state index contributed by atoms with van der Waals surface area (Å²) < 4.78 is 0. The Morgan fingerprint density at radius 1 is 1.33 bits per heavy atom. The van der Waals surface area contributed by atoms with E-state index in [1.54, 1.807) is 11.3 Å². The van der Waals surface area contributed by atoms with Crippen LogP contribution in [0.15, 0.2) is 12.1 Å². The van der Waals surface area contributed by atoms with Gasteiger partial charge in [-0.2, -0.15) is 0 Å². The molecule has 0 fully saturated rings. The summed E-state index contributed by atoms with van der Waals surface area (Å²) in [7, 11) is 1.98. The van der Waals surface area contributed by atoms with E-state index in [4.69, 9.17) is 5.11 Å². The van der Waals surface area contributed by atoms with Crippen LogP contribution in [0.5, 0.6) is 0 Å². The molecule has 1 N–H and O–H groups in total. The molecule has 0 spiro atoms. The van der Waals surface area contributed by atoms with E-state index in [0.29, 0.717) is 6.54 Å². The Balaban J connectivity index is 2.30. The lowest BCUT2D eigenvalue weighted by molar-refractivity contribution is 0.0949. The molecule has 0 atom stereocenters. The predicted octanol–water partition coefficient (Wildman–Crippen LogP) is 2.59. The summed E-state index contributed by atoms with van der Waals surface area (Å²) in [5.41, 5.74) is 0. The first-order valence-electron chi connectivity index (χ1n) is 6.58. The molecule has 0 amide bonds. The Bertz CT molecular complexity index is 362. The van der Waals surface area contributed by atoms with E-state index in [1.807, 2.05) is 19.2 Å². The van der Waals surface area contributed by atoms with Gasteiger partial charge in [-0.1, -0.05) is 6.92 Å². The second kappa shape index (κ2) is 8.40. The van der Waals surface area contributed by atoms with Gasteiger partial charge in [0.1, 0.15) is 0 Å². The molecule has 18 heavy (non-hydrogen) atoms. The van der Waals surface area contributed by atoms with Crippen LogP contribution in [0.25, 0.3) is 0 Å². The van der Waals surface area contributed by atoms with Crippen molar-refractivity contribution in [3.05, 3.63) is 21.9 Å². The van der Waals surface area contributed by atoms with Crippen LogP contribution in [0.4, 0.5) is 0 Å². The van der Waals surface area contributed by atoms with Crippen molar-refractivity contribution in [2.24, 2.45) is 0 Å². The van der Waals surface area contributed by atoms with E-state index in [1.165, 1.54) is 4.88 Å². The van der Waals surface area contributed by atoms with Crippen molar-refractivity contribution in [3.8, 4) is 0 Å². The topological polar surface area (TPSA) is 40.5 Å². The first kappa shape index (κ1) is 15.3. The number of aliphatic hydroxyl groups is 1. The minimum Gasteiger partial charge on any atom is -0.396 e. The average Bonchev–Trinajstić information content (AvgIpc) is 2.83. The number of hydrogen-bond donors (Lipinski definition) is 1. The molecule has 1 aromatic heterocycles. The van der Waals surface area contributed by atoms with Gasteiger partial charge in [0.05, 0.1) is 11.4 Å². The third kappa shape index (κ3) is 5.29. The number of nitrogens with zero attached hydrogens (tertiary/aromatic N) is 1. The highest BCUT2D eigenvalue weighted by Gasteiger charge is 2.11. The van der Waals surface area contributed by atoms with E-state index in [9.17, 15) is 4.79 Å². The Labute approximate surface area is 113 Å². The van der Waals surface area contributed by atoms with Gasteiger partial charge in [-0.05, 0) is 51.4 Å². The number of thiophene rings is 1. The van der Waals surface area contributed by atoms with Crippen molar-refractivity contribution in [3.63, 3.8) is 0 Å². The molecule has 0 aliphatic carbocycles. The molecule has 0 aromatic carbocycles. The van der Waals surface area contributed by atoms with E-state index in [2.05, 4.69) is 11.8 Å². The lowest BCUT2D eigenvalue weighted by Gasteiger charge is -2.14. The molecule has 3 nitrogen and oxygen atoms in total. The van der Waals surface area contributed by atoms with Crippen LogP contribution in [0.2, 0.25) is 0 Å². The van der Waals surface area contributed by atoms with Crippen molar-refractivity contribution in [2.45, 2.75) is 32.6 Å². The predicted molar refractivity (Wildman–Crippen MR) is 76.5 cm³/mol. The highest BCUT2D eigenvalue weighted by Crippen LogP contribution is 2.17. The van der Waals surface area contributed by atoms with Gasteiger partial charge in [0.15, 0.2) is 5.78 Å². The molecule has 1 heterocycles. The Morgan fingerprint density at radius 3 is 2.72 bits per heavy atom. The quantitative estimate of drug-likeness (QED) is 0.553. The minimum atomic E-state index is 0.212. The van der Waals surface area contributed by atoms with Crippen LogP contribution >= 0.6 is 11.3 Å². The van der Waals surface area contributed by atoms with Gasteiger partial charge < -0.3 is 5.11 Å². The van der Waals surface area contributed by atoms with E-state index in [-0.39, 0.29) is 12.4 Å². The SMILES string of the molecule is CCc1ccc(C(=O)CN(C)CCCCCO)s1. The van der Waals surface area contributed by atoms with Crippen LogP contribution in [0.1, 0.15) is 40.7 Å². The number of carbonyl (C=O) groups excluding carboxylic acids is 1. The van der Waals surface area contributed by atoms with Gasteiger partial charge >= 0.3 is 0 Å². The van der Waals surface area contributed by atoms with Gasteiger partial charge in [0.2, 0.25) is 0 Å². The molecule has 0 aliphatic heterocycles. The van der Waals surface area contributed by atoms with Gasteiger partial charge in [0.25, 0.3) is 0 Å². The second-order valence-electron chi connectivity index (χ2n) is 4.56. The third-order valence-electron chi connectivity index (χ3n) is 2.90. The Morgan fingerprint density at radius 2 is 2.11 bits per heavy atom. The van der Waals surface area contributed by atoms with Crippen molar-refractivity contribution < 1.29 is 9.90 Å². The molecule has 102 valence electrons. The smallest absolute Gasteiger partial charge is 0.186 e. The summed E-state index contributed by atoms with van der Waals surface area (Å²) in [6.07, 6.45) is 3.91. The zero-order valence-electron chi connectivity index (χ0n) is 11.3. The van der Waals surface area contributed by atoms with Crippen LogP contribution in [-0.4, -0.2) is 42.5 Å². The lowest BCUT2D eigenvalue weighted by atomic mass is 10.2. The Hall–Kier alpha value is -0.710. The third-order valence-corrected chi connectivity index (χ3v) is 4.17. The molecule has 0 aliphatic rings.